The number of hydrogen-bond acceptors (Lipinski definition) is 0. The number of rotatable bonds is 5. The smallest absolute Gasteiger partial charge is 0.0623 e. The minimum absolute atomic E-state index is 1.25. The highest BCUT2D eigenvalue weighted by Crippen LogP contribution is 2.37. The van der Waals surface area contributed by atoms with Gasteiger partial charge in [0.15, 0.2) is 8.07 Å². The van der Waals surface area contributed by atoms with Gasteiger partial charge in [-0.1, -0.05) is 170 Å². The summed E-state index contributed by atoms with van der Waals surface area (Å²) >= 11 is 0. The first kappa shape index (κ1) is 25.5. The zero-order valence-electron chi connectivity index (χ0n) is 23.8. The van der Waals surface area contributed by atoms with Crippen LogP contribution in [0.3, 0.4) is 0 Å². The molecule has 8 rings (SSSR count). The summed E-state index contributed by atoms with van der Waals surface area (Å²) in [6.45, 7) is 0. The van der Waals surface area contributed by atoms with Crippen LogP contribution in [0, 0.1) is 0 Å². The molecule has 8 aromatic rings. The van der Waals surface area contributed by atoms with Crippen molar-refractivity contribution in [1.29, 1.82) is 0 Å². The van der Waals surface area contributed by atoms with Gasteiger partial charge in [0.25, 0.3) is 0 Å². The summed E-state index contributed by atoms with van der Waals surface area (Å²) in [7, 11) is -2.65. The molecule has 0 atom stereocenters. The van der Waals surface area contributed by atoms with Crippen LogP contribution in [-0.2, 0) is 0 Å². The lowest BCUT2D eigenvalue weighted by Gasteiger charge is -2.34. The highest BCUT2D eigenvalue weighted by molar-refractivity contribution is 7.20. The molecule has 0 aliphatic rings. The van der Waals surface area contributed by atoms with Crippen LogP contribution in [0.15, 0.2) is 182 Å². The Morgan fingerprint density at radius 2 is 0.767 bits per heavy atom. The molecule has 0 spiro atoms. The van der Waals surface area contributed by atoms with Gasteiger partial charge in [-0.2, -0.15) is 0 Å². The third-order valence-corrected chi connectivity index (χ3v) is 13.7. The van der Waals surface area contributed by atoms with E-state index in [0.717, 1.165) is 0 Å². The molecule has 0 saturated heterocycles. The molecule has 0 aliphatic heterocycles. The fraction of sp³-hybridized carbons (Fsp3) is 0. The Hall–Kier alpha value is -5.24. The van der Waals surface area contributed by atoms with E-state index in [1.54, 1.807) is 0 Å². The Bertz CT molecular complexity index is 2120. The molecule has 0 fully saturated rings. The minimum Gasteiger partial charge on any atom is -0.0623 e. The molecule has 43 heavy (non-hydrogen) atoms. The highest BCUT2D eigenvalue weighted by atomic mass is 28.3. The lowest BCUT2D eigenvalue weighted by atomic mass is 9.91. The largest absolute Gasteiger partial charge is 0.179 e. The first-order valence-electron chi connectivity index (χ1n) is 14.9. The van der Waals surface area contributed by atoms with Crippen LogP contribution in [-0.4, -0.2) is 8.07 Å². The van der Waals surface area contributed by atoms with Crippen molar-refractivity contribution < 1.29 is 0 Å². The van der Waals surface area contributed by atoms with E-state index in [1.807, 2.05) is 0 Å². The number of fused-ring (bicyclic) bond motifs is 3. The van der Waals surface area contributed by atoms with Gasteiger partial charge >= 0.3 is 0 Å². The van der Waals surface area contributed by atoms with Crippen LogP contribution in [0.5, 0.6) is 0 Å². The molecule has 0 radical (unpaired) electrons. The van der Waals surface area contributed by atoms with Crippen molar-refractivity contribution in [2.45, 2.75) is 0 Å². The Labute approximate surface area is 253 Å². The maximum absolute atomic E-state index is 2.65. The predicted octanol–water partition coefficient (Wildman–Crippen LogP) is 8.19. The summed E-state index contributed by atoms with van der Waals surface area (Å²) in [4.78, 5) is 0. The van der Waals surface area contributed by atoms with Crippen LogP contribution < -0.4 is 20.7 Å². The van der Waals surface area contributed by atoms with Crippen LogP contribution in [0.4, 0.5) is 0 Å². The van der Waals surface area contributed by atoms with Crippen molar-refractivity contribution in [1.82, 2.24) is 0 Å². The maximum atomic E-state index is 2.52. The summed E-state index contributed by atoms with van der Waals surface area (Å²) in [6, 6.07) is 67.6. The lowest BCUT2D eigenvalue weighted by Crippen LogP contribution is -2.74. The van der Waals surface area contributed by atoms with Crippen molar-refractivity contribution >= 4 is 61.1 Å². The summed E-state index contributed by atoms with van der Waals surface area (Å²) in [6.07, 6.45) is 0. The molecule has 1 heteroatoms. The van der Waals surface area contributed by atoms with Crippen molar-refractivity contribution in [3.63, 3.8) is 0 Å². The van der Waals surface area contributed by atoms with Gasteiger partial charge in [0.2, 0.25) is 0 Å². The summed E-state index contributed by atoms with van der Waals surface area (Å²) in [5.74, 6) is 0. The molecular formula is C42H30Si. The third-order valence-electron chi connectivity index (χ3n) is 8.96. The molecule has 0 unspecified atom stereocenters. The minimum atomic E-state index is -2.65. The quantitative estimate of drug-likeness (QED) is 0.113. The number of benzene rings is 8. The van der Waals surface area contributed by atoms with E-state index in [4.69, 9.17) is 0 Å². The number of hydrogen-bond donors (Lipinski definition) is 0. The topological polar surface area (TPSA) is 0 Å². The Balaban J connectivity index is 1.51. The van der Waals surface area contributed by atoms with Crippen molar-refractivity contribution in [3.8, 4) is 11.1 Å². The Morgan fingerprint density at radius 1 is 0.279 bits per heavy atom. The van der Waals surface area contributed by atoms with Crippen LogP contribution in [0.1, 0.15) is 0 Å². The molecule has 0 amide bonds. The summed E-state index contributed by atoms with van der Waals surface area (Å²) in [5.41, 5.74) is 2.56. The normalized spacial score (nSPS) is 11.7. The lowest BCUT2D eigenvalue weighted by molar-refractivity contribution is 1.67. The molecule has 0 aliphatic carbocycles. The molecule has 202 valence electrons. The summed E-state index contributed by atoms with van der Waals surface area (Å²) < 4.78 is 0. The monoisotopic (exact) mass is 562 g/mol. The second-order valence-electron chi connectivity index (χ2n) is 11.3. The fourth-order valence-corrected chi connectivity index (χ4v) is 11.8. The van der Waals surface area contributed by atoms with Gasteiger partial charge in [0.1, 0.15) is 0 Å². The van der Waals surface area contributed by atoms with Gasteiger partial charge < -0.3 is 0 Å². The van der Waals surface area contributed by atoms with Crippen molar-refractivity contribution in [2.24, 2.45) is 0 Å². The van der Waals surface area contributed by atoms with E-state index in [9.17, 15) is 0 Å². The average Bonchev–Trinajstić information content (AvgIpc) is 3.09. The van der Waals surface area contributed by atoms with Crippen LogP contribution in [0.25, 0.3) is 43.4 Å². The zero-order chi connectivity index (χ0) is 28.6. The average molecular weight is 563 g/mol. The molecular weight excluding hydrogens is 533 g/mol. The Morgan fingerprint density at radius 3 is 1.40 bits per heavy atom. The van der Waals surface area contributed by atoms with Gasteiger partial charge in [-0.3, -0.25) is 0 Å². The van der Waals surface area contributed by atoms with Crippen LogP contribution in [0.2, 0.25) is 0 Å². The van der Waals surface area contributed by atoms with E-state index >= 15 is 0 Å². The van der Waals surface area contributed by atoms with Crippen LogP contribution >= 0.6 is 0 Å². The predicted molar refractivity (Wildman–Crippen MR) is 188 cm³/mol. The van der Waals surface area contributed by atoms with Crippen molar-refractivity contribution in [3.05, 3.63) is 182 Å². The summed E-state index contributed by atoms with van der Waals surface area (Å²) in [5, 5.41) is 13.2. The van der Waals surface area contributed by atoms with Crippen molar-refractivity contribution in [2.75, 3.05) is 0 Å². The van der Waals surface area contributed by atoms with Gasteiger partial charge in [0, 0.05) is 0 Å². The Kier molecular flexibility index (Phi) is 6.25. The van der Waals surface area contributed by atoms with Gasteiger partial charge in [0.05, 0.1) is 0 Å². The molecule has 0 heterocycles. The first-order valence-corrected chi connectivity index (χ1v) is 16.9. The highest BCUT2D eigenvalue weighted by Gasteiger charge is 2.41. The molecule has 0 aromatic heterocycles. The maximum Gasteiger partial charge on any atom is 0.179 e. The molecule has 8 aromatic carbocycles. The van der Waals surface area contributed by atoms with E-state index < -0.39 is 8.07 Å². The standard InChI is InChI=1S/C42H30Si/c1-4-17-36(18-5-1)43(37-19-6-2-7-20-37,38-21-8-3-9-22-38)39-27-26-34-29-33-16-12-13-23-40(33)42(41(34)30-39)35-25-24-31-14-10-11-15-32(31)28-35/h1-30H. The fourth-order valence-electron chi connectivity index (χ4n) is 7.02. The molecule has 0 nitrogen and oxygen atoms in total. The van der Waals surface area contributed by atoms with Gasteiger partial charge in [-0.15, -0.1) is 0 Å². The SMILES string of the molecule is c1ccc([Si](c2ccccc2)(c2ccccc2)c2ccc3cc4ccccc4c(-c4ccc5ccccc5c4)c3c2)cc1. The first-order chi connectivity index (χ1) is 21.3. The van der Waals surface area contributed by atoms with E-state index in [2.05, 4.69) is 182 Å². The molecule has 0 saturated carbocycles. The second kappa shape index (κ2) is 10.5. The van der Waals surface area contributed by atoms with E-state index in [1.165, 1.54) is 64.2 Å². The third kappa shape index (κ3) is 4.21. The van der Waals surface area contributed by atoms with Gasteiger partial charge in [-0.25, -0.2) is 0 Å². The van der Waals surface area contributed by atoms with Gasteiger partial charge in [-0.05, 0) is 76.3 Å². The van der Waals surface area contributed by atoms with E-state index in [0.29, 0.717) is 0 Å². The molecule has 0 N–H and O–H groups in total. The second-order valence-corrected chi connectivity index (χ2v) is 15.1. The van der Waals surface area contributed by atoms with E-state index in [-0.39, 0.29) is 0 Å². The zero-order valence-corrected chi connectivity index (χ0v) is 24.8. The molecule has 0 bridgehead atoms.